The van der Waals surface area contributed by atoms with Crippen LogP contribution in [0.4, 0.5) is 18.9 Å². The Morgan fingerprint density at radius 1 is 1.29 bits per heavy atom. The van der Waals surface area contributed by atoms with Crippen LogP contribution in [0, 0.1) is 0 Å². The smallest absolute Gasteiger partial charge is 0.291 e. The lowest BCUT2D eigenvalue weighted by Crippen LogP contribution is -2.61. The molecule has 4 heterocycles. The minimum Gasteiger partial charge on any atom is -0.364 e. The van der Waals surface area contributed by atoms with Crippen LogP contribution >= 0.6 is 11.3 Å². The molecule has 3 aromatic heterocycles. The molecule has 3 atom stereocenters. The summed E-state index contributed by atoms with van der Waals surface area (Å²) in [5, 5.41) is 10.6. The summed E-state index contributed by atoms with van der Waals surface area (Å²) in [5.74, 6) is 0. The third-order valence-electron chi connectivity index (χ3n) is 6.88. The average Bonchev–Trinajstić information content (AvgIpc) is 3.19. The molecule has 0 radical (unpaired) electrons. The number of hydrogen-bond acceptors (Lipinski definition) is 7. The Balaban J connectivity index is 1.68. The van der Waals surface area contributed by atoms with Gasteiger partial charge in [-0.2, -0.15) is 0 Å². The van der Waals surface area contributed by atoms with E-state index in [1.807, 2.05) is 25.7 Å². The maximum atomic E-state index is 13.7. The third-order valence-corrected chi connectivity index (χ3v) is 9.44. The van der Waals surface area contributed by atoms with Crippen molar-refractivity contribution in [2.75, 3.05) is 18.1 Å². The highest BCUT2D eigenvalue weighted by Gasteiger charge is 2.42. The van der Waals surface area contributed by atoms with Crippen LogP contribution in [0.3, 0.4) is 0 Å². The largest absolute Gasteiger partial charge is 0.364 e. The summed E-state index contributed by atoms with van der Waals surface area (Å²) in [4.78, 5) is 2.05. The van der Waals surface area contributed by atoms with Crippen LogP contribution in [0.1, 0.15) is 45.0 Å². The number of nitrogens with zero attached hydrogens (tertiary/aromatic N) is 4. The van der Waals surface area contributed by atoms with E-state index in [0.717, 1.165) is 24.2 Å². The molecule has 1 aliphatic heterocycles. The number of aromatic nitrogens is 3. The van der Waals surface area contributed by atoms with E-state index in [-0.39, 0.29) is 22.0 Å². The Kier molecular flexibility index (Phi) is 6.09. The standard InChI is InChI=1S/C22H27F3N6O2S2/c1-12-13(2)30(10-14(9-23)26-12)18-8-15(35(32,33)29-22(3)6-7-22)11-31-16(18)4-5-17(31)20-27-28-21(34-20)19(24)25/h4-5,8,11-14,19,26,29H,6-7,9-10H2,1-3H3/t12-,13-,14-/m1/s1. The van der Waals surface area contributed by atoms with Crippen LogP contribution in [0.15, 0.2) is 29.3 Å². The number of sulfonamides is 1. The lowest BCUT2D eigenvalue weighted by atomic mass is 10.0. The van der Waals surface area contributed by atoms with Crippen LogP contribution in [0.25, 0.3) is 16.2 Å². The first kappa shape index (κ1) is 24.5. The second-order valence-electron chi connectivity index (χ2n) is 9.65. The lowest BCUT2D eigenvalue weighted by Gasteiger charge is -2.44. The van der Waals surface area contributed by atoms with Gasteiger partial charge in [-0.25, -0.2) is 26.3 Å². The number of hydrogen-bond donors (Lipinski definition) is 2. The van der Waals surface area contributed by atoms with Crippen LogP contribution < -0.4 is 14.9 Å². The van der Waals surface area contributed by atoms with Crippen molar-refractivity contribution in [2.45, 2.75) is 68.6 Å². The number of rotatable bonds is 7. The lowest BCUT2D eigenvalue weighted by molar-refractivity contribution is 0.150. The fraction of sp³-hybridized carbons (Fsp3) is 0.545. The monoisotopic (exact) mass is 528 g/mol. The molecule has 0 spiro atoms. The summed E-state index contributed by atoms with van der Waals surface area (Å²) in [6, 6.07) is 4.62. The average molecular weight is 529 g/mol. The van der Waals surface area contributed by atoms with E-state index in [1.165, 1.54) is 6.20 Å². The molecule has 190 valence electrons. The maximum absolute atomic E-state index is 13.7. The second-order valence-corrected chi connectivity index (χ2v) is 12.3. The van der Waals surface area contributed by atoms with Crippen LogP contribution in [0.5, 0.6) is 0 Å². The molecule has 5 rings (SSSR count). The van der Waals surface area contributed by atoms with Gasteiger partial charge in [-0.1, -0.05) is 11.3 Å². The molecule has 1 saturated carbocycles. The van der Waals surface area contributed by atoms with Crippen molar-refractivity contribution in [1.82, 2.24) is 24.6 Å². The molecule has 1 aliphatic carbocycles. The van der Waals surface area contributed by atoms with Crippen molar-refractivity contribution in [3.05, 3.63) is 29.4 Å². The SMILES string of the molecule is C[C@@H]1[C@@H](C)N[C@H](CF)CN1c1cc(S(=O)(=O)NC2(C)CC2)cn2c(-c3nnc(C(F)F)s3)ccc12. The van der Waals surface area contributed by atoms with E-state index in [2.05, 4.69) is 20.2 Å². The van der Waals surface area contributed by atoms with Crippen molar-refractivity contribution >= 4 is 32.6 Å². The number of halogens is 3. The molecule has 2 fully saturated rings. The Morgan fingerprint density at radius 2 is 2.03 bits per heavy atom. The second kappa shape index (κ2) is 8.71. The van der Waals surface area contributed by atoms with Crippen molar-refractivity contribution < 1.29 is 21.6 Å². The highest BCUT2D eigenvalue weighted by Crippen LogP contribution is 2.38. The van der Waals surface area contributed by atoms with Gasteiger partial charge in [0.1, 0.15) is 11.6 Å². The molecule has 1 saturated heterocycles. The molecule has 0 aromatic carbocycles. The van der Waals surface area contributed by atoms with Crippen molar-refractivity contribution in [3.63, 3.8) is 0 Å². The number of fused-ring (bicyclic) bond motifs is 1. The zero-order chi connectivity index (χ0) is 25.1. The molecule has 35 heavy (non-hydrogen) atoms. The quantitative estimate of drug-likeness (QED) is 0.486. The molecule has 3 aromatic rings. The molecule has 0 amide bonds. The summed E-state index contributed by atoms with van der Waals surface area (Å²) < 4.78 is 71.1. The summed E-state index contributed by atoms with van der Waals surface area (Å²) in [6.07, 6.45) is 0.237. The minimum absolute atomic E-state index is 0.0411. The molecule has 13 heteroatoms. The van der Waals surface area contributed by atoms with Gasteiger partial charge in [-0.15, -0.1) is 10.2 Å². The number of anilines is 1. The van der Waals surface area contributed by atoms with Gasteiger partial charge >= 0.3 is 0 Å². The first-order valence-corrected chi connectivity index (χ1v) is 13.7. The predicted octanol–water partition coefficient (Wildman–Crippen LogP) is 3.75. The van der Waals surface area contributed by atoms with E-state index >= 15 is 0 Å². The van der Waals surface area contributed by atoms with Gasteiger partial charge in [0, 0.05) is 30.4 Å². The van der Waals surface area contributed by atoms with Crippen molar-refractivity contribution in [2.24, 2.45) is 0 Å². The van der Waals surface area contributed by atoms with Crippen LogP contribution in [-0.4, -0.2) is 59.9 Å². The summed E-state index contributed by atoms with van der Waals surface area (Å²) in [7, 11) is -3.88. The van der Waals surface area contributed by atoms with Gasteiger partial charge in [0.05, 0.1) is 22.9 Å². The van der Waals surface area contributed by atoms with Crippen molar-refractivity contribution in [3.8, 4) is 10.7 Å². The Hall–Kier alpha value is -2.22. The molecule has 0 unspecified atom stereocenters. The fourth-order valence-electron chi connectivity index (χ4n) is 4.47. The highest BCUT2D eigenvalue weighted by molar-refractivity contribution is 7.89. The summed E-state index contributed by atoms with van der Waals surface area (Å²) in [5.41, 5.74) is 1.27. The van der Waals surface area contributed by atoms with E-state index < -0.39 is 39.7 Å². The number of pyridine rings is 1. The molecular weight excluding hydrogens is 501 g/mol. The first-order chi connectivity index (χ1) is 16.5. The molecule has 8 nitrogen and oxygen atoms in total. The first-order valence-electron chi connectivity index (χ1n) is 11.4. The zero-order valence-corrected chi connectivity index (χ0v) is 21.1. The zero-order valence-electron chi connectivity index (χ0n) is 19.5. The summed E-state index contributed by atoms with van der Waals surface area (Å²) >= 11 is 0.762. The van der Waals surface area contributed by atoms with E-state index in [4.69, 9.17) is 0 Å². The van der Waals surface area contributed by atoms with Crippen LogP contribution in [0.2, 0.25) is 0 Å². The van der Waals surface area contributed by atoms with Gasteiger partial charge in [0.15, 0.2) is 10.0 Å². The maximum Gasteiger partial charge on any atom is 0.291 e. The van der Waals surface area contributed by atoms with Gasteiger partial charge < -0.3 is 14.6 Å². The molecular formula is C22H27F3N6O2S2. The van der Waals surface area contributed by atoms with Gasteiger partial charge in [0.25, 0.3) is 6.43 Å². The number of alkyl halides is 3. The van der Waals surface area contributed by atoms with Crippen LogP contribution in [-0.2, 0) is 10.0 Å². The Morgan fingerprint density at radius 3 is 2.66 bits per heavy atom. The van der Waals surface area contributed by atoms with Gasteiger partial charge in [-0.05, 0) is 51.8 Å². The normalized spacial score (nSPS) is 24.4. The number of nitrogens with one attached hydrogen (secondary N) is 2. The Bertz CT molecular complexity index is 1350. The van der Waals surface area contributed by atoms with Crippen molar-refractivity contribution in [1.29, 1.82) is 0 Å². The number of piperazine rings is 1. The molecule has 0 bridgehead atoms. The highest BCUT2D eigenvalue weighted by atomic mass is 32.2. The molecule has 2 aliphatic rings. The van der Waals surface area contributed by atoms with E-state index in [9.17, 15) is 21.6 Å². The molecule has 2 N–H and O–H groups in total. The summed E-state index contributed by atoms with van der Waals surface area (Å²) in [6.45, 7) is 5.60. The Labute approximate surface area is 205 Å². The fourth-order valence-corrected chi connectivity index (χ4v) is 6.67. The topological polar surface area (TPSA) is 91.6 Å². The minimum atomic E-state index is -3.88. The van der Waals surface area contributed by atoms with Gasteiger partial charge in [0.2, 0.25) is 10.0 Å². The van der Waals surface area contributed by atoms with E-state index in [1.54, 1.807) is 22.6 Å². The van der Waals surface area contributed by atoms with E-state index in [0.29, 0.717) is 23.4 Å². The predicted molar refractivity (Wildman–Crippen MR) is 128 cm³/mol. The van der Waals surface area contributed by atoms with Gasteiger partial charge in [-0.3, -0.25) is 0 Å². The third kappa shape index (κ3) is 4.54.